The lowest BCUT2D eigenvalue weighted by molar-refractivity contribution is -0.153. The summed E-state index contributed by atoms with van der Waals surface area (Å²) in [5.74, 6) is -0.247. The molecule has 2 heterocycles. The Labute approximate surface area is 160 Å². The highest BCUT2D eigenvalue weighted by Gasteiger charge is 2.43. The van der Waals surface area contributed by atoms with Gasteiger partial charge in [-0.2, -0.15) is 0 Å². The number of aliphatic hydroxyl groups is 1. The Morgan fingerprint density at radius 1 is 1.00 bits per heavy atom. The zero-order chi connectivity index (χ0) is 18.9. The van der Waals surface area contributed by atoms with E-state index >= 15 is 0 Å². The molecule has 2 saturated heterocycles. The number of piperazine rings is 1. The van der Waals surface area contributed by atoms with Gasteiger partial charge in [-0.15, -0.1) is 0 Å². The summed E-state index contributed by atoms with van der Waals surface area (Å²) in [6, 6.07) is 7.09. The van der Waals surface area contributed by atoms with Crippen LogP contribution in [0.2, 0.25) is 0 Å². The fourth-order valence-corrected chi connectivity index (χ4v) is 4.90. The Hall–Kier alpha value is -1.66. The molecule has 1 aliphatic carbocycles. The van der Waals surface area contributed by atoms with Gasteiger partial charge in [0.2, 0.25) is 0 Å². The largest absolute Gasteiger partial charge is 0.380 e. The maximum Gasteiger partial charge on any atom is 0.254 e. The van der Waals surface area contributed by atoms with E-state index in [4.69, 9.17) is 0 Å². The van der Waals surface area contributed by atoms with Crippen LogP contribution in [-0.4, -0.2) is 71.7 Å². The highest BCUT2D eigenvalue weighted by molar-refractivity contribution is 5.85. The van der Waals surface area contributed by atoms with Gasteiger partial charge in [-0.3, -0.25) is 9.69 Å². The minimum absolute atomic E-state index is 0.0466. The molecule has 1 saturated carbocycles. The van der Waals surface area contributed by atoms with Crippen molar-refractivity contribution in [1.29, 1.82) is 0 Å². The van der Waals surface area contributed by atoms with Gasteiger partial charge in [0.25, 0.3) is 5.91 Å². The number of likely N-dealkylation sites (tertiary alicyclic amines) is 1. The van der Waals surface area contributed by atoms with E-state index in [1.807, 2.05) is 17.0 Å². The van der Waals surface area contributed by atoms with Crippen LogP contribution in [0.3, 0.4) is 0 Å². The van der Waals surface area contributed by atoms with E-state index in [0.717, 1.165) is 70.6 Å². The predicted octanol–water partition coefficient (Wildman–Crippen LogP) is 2.24. The van der Waals surface area contributed by atoms with Gasteiger partial charge in [-0.25, -0.2) is 4.39 Å². The Balaban J connectivity index is 1.33. The number of benzene rings is 1. The quantitative estimate of drug-likeness (QED) is 0.880. The van der Waals surface area contributed by atoms with Crippen LogP contribution in [0.4, 0.5) is 10.1 Å². The van der Waals surface area contributed by atoms with Crippen LogP contribution in [0, 0.1) is 5.82 Å². The van der Waals surface area contributed by atoms with E-state index in [1.54, 1.807) is 0 Å². The standard InChI is InChI=1S/C21H30FN3O2/c22-17-5-7-18(8-6-17)23-12-14-24(15-13-23)19-4-3-11-25(16-19)20(26)21(27)9-1-2-10-21/h5-8,19,27H,1-4,9-16H2/t19-/m1/s1. The molecule has 0 bridgehead atoms. The number of hydrogen-bond donors (Lipinski definition) is 1. The molecule has 0 aromatic heterocycles. The summed E-state index contributed by atoms with van der Waals surface area (Å²) >= 11 is 0. The third-order valence-corrected chi connectivity index (χ3v) is 6.53. The molecule has 1 amide bonds. The van der Waals surface area contributed by atoms with Crippen molar-refractivity contribution >= 4 is 11.6 Å². The Kier molecular flexibility index (Phi) is 5.37. The Morgan fingerprint density at radius 2 is 1.67 bits per heavy atom. The van der Waals surface area contributed by atoms with Crippen molar-refractivity contribution in [2.45, 2.75) is 50.2 Å². The van der Waals surface area contributed by atoms with Crippen LogP contribution in [0.25, 0.3) is 0 Å². The van der Waals surface area contributed by atoms with Gasteiger partial charge < -0.3 is 14.9 Å². The first-order valence-corrected chi connectivity index (χ1v) is 10.3. The second kappa shape index (κ2) is 7.76. The summed E-state index contributed by atoms with van der Waals surface area (Å²) in [4.78, 5) is 19.5. The second-order valence-electron chi connectivity index (χ2n) is 8.29. The van der Waals surface area contributed by atoms with Crippen LogP contribution in [-0.2, 0) is 4.79 Å². The van der Waals surface area contributed by atoms with Crippen molar-refractivity contribution < 1.29 is 14.3 Å². The summed E-state index contributed by atoms with van der Waals surface area (Å²) in [6.07, 6.45) is 5.24. The molecule has 4 rings (SSSR count). The molecule has 27 heavy (non-hydrogen) atoms. The lowest BCUT2D eigenvalue weighted by Gasteiger charge is -2.45. The molecule has 3 fully saturated rings. The fourth-order valence-electron chi connectivity index (χ4n) is 4.90. The number of hydrogen-bond acceptors (Lipinski definition) is 4. The van der Waals surface area contributed by atoms with Gasteiger partial charge in [0, 0.05) is 51.0 Å². The van der Waals surface area contributed by atoms with Crippen LogP contribution < -0.4 is 4.90 Å². The minimum Gasteiger partial charge on any atom is -0.380 e. The first-order chi connectivity index (χ1) is 13.0. The molecule has 2 aliphatic heterocycles. The van der Waals surface area contributed by atoms with Crippen LogP contribution in [0.5, 0.6) is 0 Å². The number of amides is 1. The Bertz CT molecular complexity index is 652. The molecule has 0 radical (unpaired) electrons. The van der Waals surface area contributed by atoms with Crippen LogP contribution in [0.15, 0.2) is 24.3 Å². The number of carbonyl (C=O) groups is 1. The summed E-state index contributed by atoms with van der Waals surface area (Å²) < 4.78 is 13.1. The second-order valence-corrected chi connectivity index (χ2v) is 8.29. The third kappa shape index (κ3) is 3.97. The van der Waals surface area contributed by atoms with Gasteiger partial charge in [-0.05, 0) is 62.8 Å². The first kappa shape index (κ1) is 18.7. The van der Waals surface area contributed by atoms with Crippen molar-refractivity contribution in [3.8, 4) is 0 Å². The van der Waals surface area contributed by atoms with Crippen molar-refractivity contribution in [2.75, 3.05) is 44.2 Å². The molecule has 1 N–H and O–H groups in total. The van der Waals surface area contributed by atoms with Crippen LogP contribution in [0.1, 0.15) is 38.5 Å². The van der Waals surface area contributed by atoms with Gasteiger partial charge in [0.1, 0.15) is 11.4 Å². The van der Waals surface area contributed by atoms with Gasteiger partial charge in [0.05, 0.1) is 0 Å². The number of carbonyl (C=O) groups excluding carboxylic acids is 1. The number of nitrogens with zero attached hydrogens (tertiary/aromatic N) is 3. The molecule has 1 aromatic carbocycles. The SMILES string of the molecule is O=C(N1CCC[C@@H](N2CCN(c3ccc(F)cc3)CC2)C1)C1(O)CCCC1. The van der Waals surface area contributed by atoms with Gasteiger partial charge in [0.15, 0.2) is 0 Å². The monoisotopic (exact) mass is 375 g/mol. The minimum atomic E-state index is -1.11. The molecule has 3 aliphatic rings. The van der Waals surface area contributed by atoms with E-state index in [1.165, 1.54) is 12.1 Å². The maximum absolute atomic E-state index is 13.1. The average Bonchev–Trinajstić information content (AvgIpc) is 3.16. The number of anilines is 1. The topological polar surface area (TPSA) is 47.0 Å². The molecule has 0 unspecified atom stereocenters. The van der Waals surface area contributed by atoms with E-state index < -0.39 is 5.60 Å². The Morgan fingerprint density at radius 3 is 2.33 bits per heavy atom. The number of rotatable bonds is 3. The molecule has 1 aromatic rings. The fraction of sp³-hybridized carbons (Fsp3) is 0.667. The van der Waals surface area contributed by atoms with Crippen molar-refractivity contribution in [2.24, 2.45) is 0 Å². The molecule has 1 atom stereocenters. The number of piperidine rings is 1. The average molecular weight is 375 g/mol. The maximum atomic E-state index is 13.1. The van der Waals surface area contributed by atoms with Crippen molar-refractivity contribution in [3.05, 3.63) is 30.1 Å². The molecular weight excluding hydrogens is 345 g/mol. The van der Waals surface area contributed by atoms with E-state index in [-0.39, 0.29) is 11.7 Å². The molecule has 6 heteroatoms. The van der Waals surface area contributed by atoms with Crippen LogP contribution >= 0.6 is 0 Å². The van der Waals surface area contributed by atoms with Gasteiger partial charge >= 0.3 is 0 Å². The molecule has 5 nitrogen and oxygen atoms in total. The third-order valence-electron chi connectivity index (χ3n) is 6.53. The molecule has 0 spiro atoms. The first-order valence-electron chi connectivity index (χ1n) is 10.3. The molecular formula is C21H30FN3O2. The van der Waals surface area contributed by atoms with E-state index in [2.05, 4.69) is 9.80 Å². The zero-order valence-electron chi connectivity index (χ0n) is 15.9. The summed E-state index contributed by atoms with van der Waals surface area (Å²) in [5, 5.41) is 10.7. The van der Waals surface area contributed by atoms with Crippen molar-refractivity contribution in [1.82, 2.24) is 9.80 Å². The zero-order valence-corrected chi connectivity index (χ0v) is 15.9. The lowest BCUT2D eigenvalue weighted by Crippen LogP contribution is -2.58. The lowest BCUT2D eigenvalue weighted by atomic mass is 9.96. The van der Waals surface area contributed by atoms with Gasteiger partial charge in [-0.1, -0.05) is 0 Å². The normalized spacial score (nSPS) is 26.4. The highest BCUT2D eigenvalue weighted by atomic mass is 19.1. The highest BCUT2D eigenvalue weighted by Crippen LogP contribution is 2.32. The smallest absolute Gasteiger partial charge is 0.254 e. The van der Waals surface area contributed by atoms with E-state index in [9.17, 15) is 14.3 Å². The summed E-state index contributed by atoms with van der Waals surface area (Å²) in [7, 11) is 0. The van der Waals surface area contributed by atoms with Crippen molar-refractivity contribution in [3.63, 3.8) is 0 Å². The summed E-state index contributed by atoms with van der Waals surface area (Å²) in [6.45, 7) is 5.24. The molecule has 148 valence electrons. The number of halogens is 1. The van der Waals surface area contributed by atoms with E-state index in [0.29, 0.717) is 18.9 Å². The summed E-state index contributed by atoms with van der Waals surface area (Å²) in [5.41, 5.74) is -0.0386. The predicted molar refractivity (Wildman–Crippen MR) is 103 cm³/mol.